The topological polar surface area (TPSA) is 43.4 Å². The lowest BCUT2D eigenvalue weighted by Crippen LogP contribution is -2.55. The summed E-state index contributed by atoms with van der Waals surface area (Å²) >= 11 is 0. The van der Waals surface area contributed by atoms with Crippen LogP contribution in [0.2, 0.25) is 0 Å². The summed E-state index contributed by atoms with van der Waals surface area (Å²) in [5.74, 6) is 1.37. The molecule has 3 nitrogen and oxygen atoms in total. The average Bonchev–Trinajstić information content (AvgIpc) is 2.96. The van der Waals surface area contributed by atoms with E-state index in [2.05, 4.69) is 53.7 Å². The van der Waals surface area contributed by atoms with E-state index >= 15 is 0 Å². The molecule has 0 radical (unpaired) electrons. The fourth-order valence-corrected chi connectivity index (χ4v) is 8.66. The Kier molecular flexibility index (Phi) is 5.38. The van der Waals surface area contributed by atoms with E-state index in [4.69, 9.17) is 4.74 Å². The fraction of sp³-hybridized carbons (Fsp3) is 0.786. The Hall–Kier alpha value is -1.38. The van der Waals surface area contributed by atoms with Gasteiger partial charge in [0.15, 0.2) is 0 Å². The van der Waals surface area contributed by atoms with Crippen molar-refractivity contribution in [3.05, 3.63) is 23.3 Å². The minimum absolute atomic E-state index is 0.00289. The van der Waals surface area contributed by atoms with Crippen molar-refractivity contribution in [1.29, 1.82) is 0 Å². The van der Waals surface area contributed by atoms with E-state index in [-0.39, 0.29) is 33.7 Å². The molecule has 0 aliphatic heterocycles. The number of aldehydes is 1. The number of rotatable bonds is 4. The van der Waals surface area contributed by atoms with Crippen LogP contribution in [0.4, 0.5) is 0 Å². The molecule has 0 aromatic carbocycles. The Labute approximate surface area is 189 Å². The maximum atomic E-state index is 11.7. The van der Waals surface area contributed by atoms with Crippen molar-refractivity contribution >= 4 is 12.3 Å². The third-order valence-corrected chi connectivity index (χ3v) is 10.7. The van der Waals surface area contributed by atoms with E-state index in [0.717, 1.165) is 32.0 Å². The molecule has 4 aliphatic rings. The Morgan fingerprint density at radius 1 is 1.13 bits per heavy atom. The molecule has 0 heterocycles. The first-order valence-electron chi connectivity index (χ1n) is 12.4. The van der Waals surface area contributed by atoms with Gasteiger partial charge in [0.05, 0.1) is 0 Å². The van der Waals surface area contributed by atoms with E-state index in [9.17, 15) is 9.59 Å². The number of esters is 1. The van der Waals surface area contributed by atoms with E-state index in [1.165, 1.54) is 19.8 Å². The van der Waals surface area contributed by atoms with Gasteiger partial charge in [-0.1, -0.05) is 53.7 Å². The van der Waals surface area contributed by atoms with Crippen LogP contribution < -0.4 is 0 Å². The predicted molar refractivity (Wildman–Crippen MR) is 124 cm³/mol. The lowest BCUT2D eigenvalue weighted by atomic mass is 9.44. The van der Waals surface area contributed by atoms with E-state index in [0.29, 0.717) is 24.2 Å². The zero-order chi connectivity index (χ0) is 22.8. The van der Waals surface area contributed by atoms with Crippen molar-refractivity contribution in [3.8, 4) is 0 Å². The van der Waals surface area contributed by atoms with Gasteiger partial charge >= 0.3 is 5.97 Å². The van der Waals surface area contributed by atoms with E-state index < -0.39 is 0 Å². The Bertz CT molecular complexity index is 835. The summed E-state index contributed by atoms with van der Waals surface area (Å²) < 4.78 is 5.80. The number of ether oxygens (including phenoxy) is 1. The van der Waals surface area contributed by atoms with Crippen molar-refractivity contribution in [2.45, 2.75) is 99.5 Å². The zero-order valence-corrected chi connectivity index (χ0v) is 20.7. The van der Waals surface area contributed by atoms with Crippen molar-refractivity contribution < 1.29 is 14.3 Å². The van der Waals surface area contributed by atoms with Crippen LogP contribution in [0.5, 0.6) is 0 Å². The molecule has 0 N–H and O–H groups in total. The predicted octanol–water partition coefficient (Wildman–Crippen LogP) is 6.67. The first kappa shape index (κ1) is 22.8. The van der Waals surface area contributed by atoms with E-state index in [1.54, 1.807) is 11.1 Å². The highest BCUT2D eigenvalue weighted by Gasteiger charge is 2.63. The van der Waals surface area contributed by atoms with Gasteiger partial charge in [0, 0.05) is 18.8 Å². The minimum Gasteiger partial charge on any atom is -0.462 e. The number of fused-ring (bicyclic) bond motifs is 5. The number of hydrogen-bond acceptors (Lipinski definition) is 3. The van der Waals surface area contributed by atoms with Crippen molar-refractivity contribution in [2.75, 3.05) is 0 Å². The number of carbonyl (C=O) groups excluding carboxylic acids is 2. The maximum absolute atomic E-state index is 11.7. The normalized spacial score (nSPS) is 44.2. The summed E-state index contributed by atoms with van der Waals surface area (Å²) in [5.41, 5.74) is 3.69. The first-order chi connectivity index (χ1) is 14.4. The fourth-order valence-electron chi connectivity index (χ4n) is 8.66. The second-order valence-corrected chi connectivity index (χ2v) is 12.4. The smallest absolute Gasteiger partial charge is 0.302 e. The van der Waals surface area contributed by atoms with Crippen LogP contribution in [0, 0.1) is 39.4 Å². The van der Waals surface area contributed by atoms with E-state index in [1.807, 2.05) is 0 Å². The summed E-state index contributed by atoms with van der Waals surface area (Å²) in [5, 5.41) is 0. The van der Waals surface area contributed by atoms with Gasteiger partial charge < -0.3 is 9.53 Å². The highest BCUT2D eigenvalue weighted by Crippen LogP contribution is 2.71. The standard InChI is InChI=1S/C28H42O3/c1-18(13-17-29)20-10-15-28(7)22-8-9-23-25(3,4)24(31-19(2)30)12-14-26(23,5)21(22)11-16-27(20,28)6/h8,11,17-18,20,23-24H,9-10,12-16H2,1-7H3/t18-,20-,23?,24?,26-,27-,28+/m1/s1. The lowest BCUT2D eigenvalue weighted by molar-refractivity contribution is -0.165. The number of hydrogen-bond donors (Lipinski definition) is 0. The highest BCUT2D eigenvalue weighted by atomic mass is 16.5. The van der Waals surface area contributed by atoms with Gasteiger partial charge in [-0.05, 0) is 83.7 Å². The summed E-state index contributed by atoms with van der Waals surface area (Å²) in [6.07, 6.45) is 13.6. The molecule has 0 amide bonds. The van der Waals surface area contributed by atoms with Gasteiger partial charge in [-0.2, -0.15) is 0 Å². The molecule has 0 aromatic heterocycles. The van der Waals surface area contributed by atoms with Crippen molar-refractivity contribution in [1.82, 2.24) is 0 Å². The molecule has 0 saturated heterocycles. The quantitative estimate of drug-likeness (QED) is 0.372. The number of carbonyl (C=O) groups is 2. The molecule has 7 atom stereocenters. The van der Waals surface area contributed by atoms with Crippen LogP contribution in [0.1, 0.15) is 93.4 Å². The summed E-state index contributed by atoms with van der Waals surface area (Å²) in [6, 6.07) is 0. The van der Waals surface area contributed by atoms with Gasteiger partial charge in [-0.25, -0.2) is 0 Å². The summed E-state index contributed by atoms with van der Waals surface area (Å²) in [7, 11) is 0. The van der Waals surface area contributed by atoms with Crippen LogP contribution in [-0.2, 0) is 14.3 Å². The molecule has 4 aliphatic carbocycles. The van der Waals surface area contributed by atoms with Crippen LogP contribution in [-0.4, -0.2) is 18.4 Å². The molecule has 2 saturated carbocycles. The third kappa shape index (κ3) is 3.04. The molecule has 172 valence electrons. The minimum atomic E-state index is -0.157. The summed E-state index contributed by atoms with van der Waals surface area (Å²) in [4.78, 5) is 23.0. The van der Waals surface area contributed by atoms with Crippen LogP contribution in [0.3, 0.4) is 0 Å². The largest absolute Gasteiger partial charge is 0.462 e. The van der Waals surface area contributed by atoms with Crippen molar-refractivity contribution in [2.24, 2.45) is 39.4 Å². The highest BCUT2D eigenvalue weighted by molar-refractivity contribution is 5.66. The van der Waals surface area contributed by atoms with Crippen LogP contribution in [0.15, 0.2) is 23.3 Å². The van der Waals surface area contributed by atoms with Gasteiger partial charge in [-0.3, -0.25) is 4.79 Å². The monoisotopic (exact) mass is 426 g/mol. The zero-order valence-electron chi connectivity index (χ0n) is 20.7. The van der Waals surface area contributed by atoms with Gasteiger partial charge in [0.1, 0.15) is 12.4 Å². The van der Waals surface area contributed by atoms with Crippen LogP contribution >= 0.6 is 0 Å². The Morgan fingerprint density at radius 2 is 1.84 bits per heavy atom. The lowest BCUT2D eigenvalue weighted by Gasteiger charge is -2.61. The average molecular weight is 427 g/mol. The van der Waals surface area contributed by atoms with Crippen molar-refractivity contribution in [3.63, 3.8) is 0 Å². The molecular formula is C28H42O3. The molecule has 2 fully saturated rings. The van der Waals surface area contributed by atoms with Gasteiger partial charge in [0.2, 0.25) is 0 Å². The third-order valence-electron chi connectivity index (χ3n) is 10.7. The molecule has 0 bridgehead atoms. The summed E-state index contributed by atoms with van der Waals surface area (Å²) in [6.45, 7) is 15.9. The molecule has 3 heteroatoms. The molecule has 4 rings (SSSR count). The van der Waals surface area contributed by atoms with Crippen LogP contribution in [0.25, 0.3) is 0 Å². The molecule has 31 heavy (non-hydrogen) atoms. The second kappa shape index (κ2) is 7.32. The maximum Gasteiger partial charge on any atom is 0.302 e. The Morgan fingerprint density at radius 3 is 2.48 bits per heavy atom. The molecule has 0 aromatic rings. The second-order valence-electron chi connectivity index (χ2n) is 12.4. The number of allylic oxidation sites excluding steroid dienone is 4. The SMILES string of the molecule is CC(=O)OC1CC[C@]2(C)C3=CC[C@]4(C)[C@@H]([C@H](C)CC=O)CC[C@@]4(C)C3=CCC2C1(C)C. The molecule has 0 spiro atoms. The Balaban J connectivity index is 1.72. The molecular weight excluding hydrogens is 384 g/mol. The van der Waals surface area contributed by atoms with Gasteiger partial charge in [0.25, 0.3) is 0 Å². The first-order valence-corrected chi connectivity index (χ1v) is 12.4. The van der Waals surface area contributed by atoms with Gasteiger partial charge in [-0.15, -0.1) is 0 Å². The molecule has 2 unspecified atom stereocenters.